The van der Waals surface area contributed by atoms with Crippen molar-refractivity contribution in [3.63, 3.8) is 0 Å². The van der Waals surface area contributed by atoms with Gasteiger partial charge in [-0.25, -0.2) is 0 Å². The fourth-order valence-corrected chi connectivity index (χ4v) is 2.45. The highest BCUT2D eigenvalue weighted by Gasteiger charge is 2.11. The molecule has 2 aromatic carbocycles. The van der Waals surface area contributed by atoms with Crippen molar-refractivity contribution in [3.05, 3.63) is 64.2 Å². The molecule has 21 heavy (non-hydrogen) atoms. The first kappa shape index (κ1) is 15.6. The summed E-state index contributed by atoms with van der Waals surface area (Å²) in [7, 11) is 0. The van der Waals surface area contributed by atoms with Crippen molar-refractivity contribution >= 4 is 23.2 Å². The van der Waals surface area contributed by atoms with Crippen LogP contribution in [0.2, 0.25) is 5.02 Å². The second-order valence-corrected chi connectivity index (χ2v) is 5.78. The third-order valence-corrected chi connectivity index (χ3v) is 4.03. The lowest BCUT2D eigenvalue weighted by Gasteiger charge is -2.11. The second kappa shape index (κ2) is 6.77. The van der Waals surface area contributed by atoms with E-state index < -0.39 is 0 Å². The topological polar surface area (TPSA) is 29.1 Å². The van der Waals surface area contributed by atoms with Crippen LogP contribution in [0.15, 0.2) is 42.5 Å². The van der Waals surface area contributed by atoms with Crippen LogP contribution >= 0.6 is 11.6 Å². The lowest BCUT2D eigenvalue weighted by atomic mass is 9.98. The molecular weight excluding hydrogens is 282 g/mol. The Morgan fingerprint density at radius 1 is 1.19 bits per heavy atom. The first-order valence-electron chi connectivity index (χ1n) is 7.18. The Labute approximate surface area is 131 Å². The molecule has 0 heterocycles. The number of carbonyl (C=O) groups is 1. The smallest absolute Gasteiger partial charge is 0.257 e. The van der Waals surface area contributed by atoms with E-state index in [1.807, 2.05) is 25.1 Å². The molecule has 110 valence electrons. The third-order valence-electron chi connectivity index (χ3n) is 3.72. The normalized spacial score (nSPS) is 12.0. The Kier molecular flexibility index (Phi) is 5.03. The first-order chi connectivity index (χ1) is 10.0. The molecule has 0 radical (unpaired) electrons. The minimum atomic E-state index is -0.184. The number of benzene rings is 2. The largest absolute Gasteiger partial charge is 0.322 e. The summed E-state index contributed by atoms with van der Waals surface area (Å²) in [6, 6.07) is 13.4. The maximum absolute atomic E-state index is 12.2. The van der Waals surface area contributed by atoms with Gasteiger partial charge in [-0.05, 0) is 54.7 Å². The van der Waals surface area contributed by atoms with Crippen LogP contribution in [0.3, 0.4) is 0 Å². The summed E-state index contributed by atoms with van der Waals surface area (Å²) in [5, 5.41) is 3.35. The lowest BCUT2D eigenvalue weighted by molar-refractivity contribution is 0.102. The summed E-state index contributed by atoms with van der Waals surface area (Å²) in [6.07, 6.45) is 1.10. The van der Waals surface area contributed by atoms with Crippen LogP contribution < -0.4 is 5.32 Å². The standard InChI is InChI=1S/C18H20ClNO/c1-4-13(3)14-6-8-15(9-7-14)20-18(21)16-10-5-12(2)11-17(16)19/h5-11,13H,4H2,1-3H3,(H,20,21)/t13-/m0/s1. The highest BCUT2D eigenvalue weighted by Crippen LogP contribution is 2.22. The van der Waals surface area contributed by atoms with E-state index in [9.17, 15) is 4.79 Å². The Morgan fingerprint density at radius 2 is 1.86 bits per heavy atom. The van der Waals surface area contributed by atoms with Gasteiger partial charge < -0.3 is 5.32 Å². The monoisotopic (exact) mass is 301 g/mol. The minimum absolute atomic E-state index is 0.184. The Morgan fingerprint density at radius 3 is 2.43 bits per heavy atom. The highest BCUT2D eigenvalue weighted by atomic mass is 35.5. The van der Waals surface area contributed by atoms with E-state index in [1.165, 1.54) is 5.56 Å². The summed E-state index contributed by atoms with van der Waals surface area (Å²) in [5.74, 6) is 0.345. The summed E-state index contributed by atoms with van der Waals surface area (Å²) in [6.45, 7) is 6.31. The fraction of sp³-hybridized carbons (Fsp3) is 0.278. The van der Waals surface area contributed by atoms with Gasteiger partial charge in [-0.1, -0.05) is 43.6 Å². The number of hydrogen-bond donors (Lipinski definition) is 1. The Balaban J connectivity index is 2.12. The van der Waals surface area contributed by atoms with Crippen molar-refractivity contribution in [2.45, 2.75) is 33.1 Å². The molecule has 0 aliphatic carbocycles. The van der Waals surface area contributed by atoms with Crippen molar-refractivity contribution < 1.29 is 4.79 Å². The lowest BCUT2D eigenvalue weighted by Crippen LogP contribution is -2.12. The van der Waals surface area contributed by atoms with Crippen LogP contribution in [0.4, 0.5) is 5.69 Å². The zero-order valence-corrected chi connectivity index (χ0v) is 13.4. The number of aryl methyl sites for hydroxylation is 1. The van der Waals surface area contributed by atoms with E-state index in [0.29, 0.717) is 16.5 Å². The van der Waals surface area contributed by atoms with Gasteiger partial charge in [0.25, 0.3) is 5.91 Å². The molecular formula is C18H20ClNO. The van der Waals surface area contributed by atoms with E-state index >= 15 is 0 Å². The maximum atomic E-state index is 12.2. The van der Waals surface area contributed by atoms with Crippen LogP contribution in [0, 0.1) is 6.92 Å². The molecule has 0 saturated heterocycles. The number of carbonyl (C=O) groups excluding carboxylic acids is 1. The van der Waals surface area contributed by atoms with Crippen molar-refractivity contribution in [1.29, 1.82) is 0 Å². The van der Waals surface area contributed by atoms with Gasteiger partial charge in [0.2, 0.25) is 0 Å². The summed E-state index contributed by atoms with van der Waals surface area (Å²) in [4.78, 5) is 12.2. The Hall–Kier alpha value is -1.80. The number of rotatable bonds is 4. The predicted octanol–water partition coefficient (Wildman–Crippen LogP) is 5.41. The Bertz CT molecular complexity index is 634. The van der Waals surface area contributed by atoms with E-state index in [0.717, 1.165) is 17.7 Å². The van der Waals surface area contributed by atoms with Crippen LogP contribution in [0.25, 0.3) is 0 Å². The third kappa shape index (κ3) is 3.85. The van der Waals surface area contributed by atoms with Crippen molar-refractivity contribution in [2.24, 2.45) is 0 Å². The zero-order valence-electron chi connectivity index (χ0n) is 12.6. The number of amides is 1. The van der Waals surface area contributed by atoms with E-state index in [1.54, 1.807) is 12.1 Å². The molecule has 0 fully saturated rings. The molecule has 2 aromatic rings. The molecule has 0 saturated carbocycles. The fourth-order valence-electron chi connectivity index (χ4n) is 2.13. The van der Waals surface area contributed by atoms with Crippen molar-refractivity contribution in [1.82, 2.24) is 0 Å². The van der Waals surface area contributed by atoms with E-state index in [2.05, 4.69) is 31.3 Å². The van der Waals surface area contributed by atoms with E-state index in [4.69, 9.17) is 11.6 Å². The van der Waals surface area contributed by atoms with E-state index in [-0.39, 0.29) is 5.91 Å². The highest BCUT2D eigenvalue weighted by molar-refractivity contribution is 6.34. The molecule has 0 bridgehead atoms. The summed E-state index contributed by atoms with van der Waals surface area (Å²) >= 11 is 6.12. The second-order valence-electron chi connectivity index (χ2n) is 5.37. The van der Waals surface area contributed by atoms with Gasteiger partial charge in [-0.15, -0.1) is 0 Å². The molecule has 0 unspecified atom stereocenters. The molecule has 0 aromatic heterocycles. The molecule has 0 spiro atoms. The molecule has 2 nitrogen and oxygen atoms in total. The molecule has 2 rings (SSSR count). The van der Waals surface area contributed by atoms with Gasteiger partial charge in [-0.2, -0.15) is 0 Å². The summed E-state index contributed by atoms with van der Waals surface area (Å²) < 4.78 is 0. The summed E-state index contributed by atoms with van der Waals surface area (Å²) in [5.41, 5.74) is 3.59. The maximum Gasteiger partial charge on any atom is 0.257 e. The van der Waals surface area contributed by atoms with Crippen molar-refractivity contribution in [3.8, 4) is 0 Å². The molecule has 1 N–H and O–H groups in total. The van der Waals surface area contributed by atoms with Crippen LogP contribution in [-0.2, 0) is 0 Å². The molecule has 1 amide bonds. The van der Waals surface area contributed by atoms with Gasteiger partial charge in [0, 0.05) is 5.69 Å². The van der Waals surface area contributed by atoms with Gasteiger partial charge >= 0.3 is 0 Å². The number of hydrogen-bond acceptors (Lipinski definition) is 1. The number of nitrogens with one attached hydrogen (secondary N) is 1. The average molecular weight is 302 g/mol. The molecule has 0 aliphatic rings. The van der Waals surface area contributed by atoms with Gasteiger partial charge in [0.05, 0.1) is 10.6 Å². The van der Waals surface area contributed by atoms with Gasteiger partial charge in [-0.3, -0.25) is 4.79 Å². The van der Waals surface area contributed by atoms with Gasteiger partial charge in [0.1, 0.15) is 0 Å². The SMILES string of the molecule is CC[C@H](C)c1ccc(NC(=O)c2ccc(C)cc2Cl)cc1. The van der Waals surface area contributed by atoms with Crippen molar-refractivity contribution in [2.75, 3.05) is 5.32 Å². The number of anilines is 1. The minimum Gasteiger partial charge on any atom is -0.322 e. The molecule has 1 atom stereocenters. The van der Waals surface area contributed by atoms with Crippen LogP contribution in [-0.4, -0.2) is 5.91 Å². The van der Waals surface area contributed by atoms with Crippen LogP contribution in [0.5, 0.6) is 0 Å². The van der Waals surface area contributed by atoms with Gasteiger partial charge in [0.15, 0.2) is 0 Å². The number of halogens is 1. The molecule has 0 aliphatic heterocycles. The van der Waals surface area contributed by atoms with Crippen LogP contribution in [0.1, 0.15) is 47.7 Å². The predicted molar refractivity (Wildman–Crippen MR) is 89.3 cm³/mol. The first-order valence-corrected chi connectivity index (χ1v) is 7.56. The quantitative estimate of drug-likeness (QED) is 0.803. The average Bonchev–Trinajstić information content (AvgIpc) is 2.47. The zero-order chi connectivity index (χ0) is 15.4. The molecule has 3 heteroatoms.